The van der Waals surface area contributed by atoms with Gasteiger partial charge in [-0.15, -0.1) is 0 Å². The highest BCUT2D eigenvalue weighted by Gasteiger charge is 2.04. The molecule has 1 rings (SSSR count). The molecule has 1 aromatic rings. The summed E-state index contributed by atoms with van der Waals surface area (Å²) >= 11 is 3.45. The van der Waals surface area contributed by atoms with E-state index in [-0.39, 0.29) is 0 Å². The van der Waals surface area contributed by atoms with Crippen LogP contribution in [-0.2, 0) is 4.74 Å². The van der Waals surface area contributed by atoms with Gasteiger partial charge in [0.2, 0.25) is 0 Å². The lowest BCUT2D eigenvalue weighted by molar-refractivity contribution is 0.0422. The Morgan fingerprint density at radius 3 is 2.83 bits per heavy atom. The van der Waals surface area contributed by atoms with E-state index in [1.165, 1.54) is 5.56 Å². The number of nitrogens with one attached hydrogen (secondary N) is 1. The van der Waals surface area contributed by atoms with Crippen molar-refractivity contribution in [1.82, 2.24) is 0 Å². The number of rotatable bonds is 8. The number of aryl methyl sites for hydroxylation is 1. The summed E-state index contributed by atoms with van der Waals surface area (Å²) in [5.41, 5.74) is 2.19. The number of hydrogen-bond acceptors (Lipinski definition) is 3. The first kappa shape index (κ1) is 15.5. The van der Waals surface area contributed by atoms with E-state index < -0.39 is 6.10 Å². The zero-order chi connectivity index (χ0) is 13.4. The predicted octanol–water partition coefficient (Wildman–Crippen LogP) is 3.35. The molecule has 0 aliphatic carbocycles. The maximum absolute atomic E-state index is 9.75. The van der Waals surface area contributed by atoms with Gasteiger partial charge in [0.05, 0.1) is 12.7 Å². The van der Waals surface area contributed by atoms with Gasteiger partial charge >= 0.3 is 0 Å². The Kier molecular flexibility index (Phi) is 7.32. The zero-order valence-corrected chi connectivity index (χ0v) is 12.7. The first-order valence-electron chi connectivity index (χ1n) is 6.38. The van der Waals surface area contributed by atoms with Crippen molar-refractivity contribution in [3.63, 3.8) is 0 Å². The van der Waals surface area contributed by atoms with Gasteiger partial charge in [0.25, 0.3) is 0 Å². The second-order valence-corrected chi connectivity index (χ2v) is 5.40. The molecule has 18 heavy (non-hydrogen) atoms. The number of benzene rings is 1. The Bertz CT molecular complexity index is 337. The van der Waals surface area contributed by atoms with Crippen molar-refractivity contribution in [1.29, 1.82) is 0 Å². The fourth-order valence-corrected chi connectivity index (χ4v) is 2.21. The fourth-order valence-electron chi connectivity index (χ4n) is 1.60. The Labute approximate surface area is 118 Å². The van der Waals surface area contributed by atoms with E-state index in [1.54, 1.807) is 0 Å². The average Bonchev–Trinajstić information content (AvgIpc) is 2.31. The number of ether oxygens (including phenoxy) is 1. The van der Waals surface area contributed by atoms with Crippen LogP contribution in [0, 0.1) is 6.92 Å². The molecule has 2 N–H and O–H groups in total. The third-order valence-corrected chi connectivity index (χ3v) is 2.99. The van der Waals surface area contributed by atoms with Crippen LogP contribution in [0.15, 0.2) is 22.7 Å². The summed E-state index contributed by atoms with van der Waals surface area (Å²) in [5.74, 6) is 0. The highest BCUT2D eigenvalue weighted by molar-refractivity contribution is 9.10. The van der Waals surface area contributed by atoms with Crippen LogP contribution in [0.25, 0.3) is 0 Å². The summed E-state index contributed by atoms with van der Waals surface area (Å²) in [6.07, 6.45) is 1.69. The van der Waals surface area contributed by atoms with Crippen molar-refractivity contribution in [2.45, 2.75) is 32.8 Å². The monoisotopic (exact) mass is 315 g/mol. The van der Waals surface area contributed by atoms with Crippen molar-refractivity contribution in [2.75, 3.05) is 25.1 Å². The van der Waals surface area contributed by atoms with Gasteiger partial charge in [-0.25, -0.2) is 0 Å². The predicted molar refractivity (Wildman–Crippen MR) is 79.1 cm³/mol. The maximum atomic E-state index is 9.75. The van der Waals surface area contributed by atoms with Crippen LogP contribution >= 0.6 is 15.9 Å². The normalized spacial score (nSPS) is 12.4. The number of anilines is 1. The number of hydrogen-bond donors (Lipinski definition) is 2. The van der Waals surface area contributed by atoms with Crippen LogP contribution in [0.1, 0.15) is 25.3 Å². The lowest BCUT2D eigenvalue weighted by Crippen LogP contribution is -2.25. The molecule has 0 aliphatic heterocycles. The van der Waals surface area contributed by atoms with Crippen molar-refractivity contribution >= 4 is 21.6 Å². The van der Waals surface area contributed by atoms with Crippen LogP contribution in [0.4, 0.5) is 5.69 Å². The largest absolute Gasteiger partial charge is 0.389 e. The van der Waals surface area contributed by atoms with E-state index in [0.29, 0.717) is 13.2 Å². The van der Waals surface area contributed by atoms with Gasteiger partial charge in [0.15, 0.2) is 0 Å². The molecule has 0 saturated carbocycles. The summed E-state index contributed by atoms with van der Waals surface area (Å²) in [6.45, 7) is 5.78. The van der Waals surface area contributed by atoms with Crippen LogP contribution in [0.3, 0.4) is 0 Å². The van der Waals surface area contributed by atoms with E-state index in [1.807, 2.05) is 13.0 Å². The van der Waals surface area contributed by atoms with Crippen molar-refractivity contribution < 1.29 is 9.84 Å². The molecule has 4 heteroatoms. The van der Waals surface area contributed by atoms with Crippen LogP contribution < -0.4 is 5.32 Å². The molecule has 0 spiro atoms. The third kappa shape index (κ3) is 6.38. The van der Waals surface area contributed by atoms with E-state index >= 15 is 0 Å². The number of halogens is 1. The topological polar surface area (TPSA) is 41.5 Å². The van der Waals surface area contributed by atoms with E-state index in [0.717, 1.165) is 29.6 Å². The van der Waals surface area contributed by atoms with E-state index in [9.17, 15) is 5.11 Å². The van der Waals surface area contributed by atoms with Crippen molar-refractivity contribution in [3.05, 3.63) is 28.2 Å². The van der Waals surface area contributed by atoms with Gasteiger partial charge in [-0.2, -0.15) is 0 Å². The molecule has 0 amide bonds. The average molecular weight is 316 g/mol. The minimum Gasteiger partial charge on any atom is -0.389 e. The highest BCUT2D eigenvalue weighted by atomic mass is 79.9. The molecule has 102 valence electrons. The maximum Gasteiger partial charge on any atom is 0.0945 e. The smallest absolute Gasteiger partial charge is 0.0945 e. The molecular weight excluding hydrogens is 294 g/mol. The molecule has 0 heterocycles. The van der Waals surface area contributed by atoms with Gasteiger partial charge in [0.1, 0.15) is 0 Å². The molecule has 0 aliphatic rings. The lowest BCUT2D eigenvalue weighted by atomic mass is 10.2. The zero-order valence-electron chi connectivity index (χ0n) is 11.1. The molecule has 3 nitrogen and oxygen atoms in total. The van der Waals surface area contributed by atoms with Gasteiger partial charge < -0.3 is 15.2 Å². The molecule has 1 aromatic carbocycles. The van der Waals surface area contributed by atoms with E-state index in [2.05, 4.69) is 40.3 Å². The van der Waals surface area contributed by atoms with Crippen LogP contribution in [0.2, 0.25) is 0 Å². The standard InChI is InChI=1S/C14H22BrNO2/c1-3-4-5-18-10-14(17)9-16-13-7-11(2)6-12(15)8-13/h6-8,14,16-17H,3-5,9-10H2,1-2H3. The van der Waals surface area contributed by atoms with Crippen molar-refractivity contribution in [2.24, 2.45) is 0 Å². The Balaban J connectivity index is 2.26. The first-order valence-corrected chi connectivity index (χ1v) is 7.18. The summed E-state index contributed by atoms with van der Waals surface area (Å²) < 4.78 is 6.41. The summed E-state index contributed by atoms with van der Waals surface area (Å²) in [7, 11) is 0. The number of aliphatic hydroxyl groups is 1. The molecule has 1 unspecified atom stereocenters. The number of unbranched alkanes of at least 4 members (excludes halogenated alkanes) is 1. The molecular formula is C14H22BrNO2. The van der Waals surface area contributed by atoms with Crippen LogP contribution in [0.5, 0.6) is 0 Å². The quantitative estimate of drug-likeness (QED) is 0.723. The second-order valence-electron chi connectivity index (χ2n) is 4.48. The third-order valence-electron chi connectivity index (χ3n) is 2.54. The molecule has 0 bridgehead atoms. The lowest BCUT2D eigenvalue weighted by Gasteiger charge is -2.13. The van der Waals surface area contributed by atoms with E-state index in [4.69, 9.17) is 4.74 Å². The second kappa shape index (κ2) is 8.51. The van der Waals surface area contributed by atoms with Gasteiger partial charge in [-0.1, -0.05) is 29.3 Å². The van der Waals surface area contributed by atoms with Crippen LogP contribution in [-0.4, -0.2) is 31.0 Å². The Hall–Kier alpha value is -0.580. The summed E-state index contributed by atoms with van der Waals surface area (Å²) in [5, 5.41) is 13.0. The molecule has 0 saturated heterocycles. The van der Waals surface area contributed by atoms with Crippen molar-refractivity contribution in [3.8, 4) is 0 Å². The number of aliphatic hydroxyl groups excluding tert-OH is 1. The molecule has 0 radical (unpaired) electrons. The van der Waals surface area contributed by atoms with Gasteiger partial charge in [0, 0.05) is 23.3 Å². The molecule has 0 aromatic heterocycles. The fraction of sp³-hybridized carbons (Fsp3) is 0.571. The van der Waals surface area contributed by atoms with Gasteiger partial charge in [-0.05, 0) is 37.1 Å². The highest BCUT2D eigenvalue weighted by Crippen LogP contribution is 2.18. The minimum absolute atomic E-state index is 0.389. The van der Waals surface area contributed by atoms with Gasteiger partial charge in [-0.3, -0.25) is 0 Å². The Morgan fingerprint density at radius 2 is 2.17 bits per heavy atom. The molecule has 0 fully saturated rings. The SMILES string of the molecule is CCCCOCC(O)CNc1cc(C)cc(Br)c1. The minimum atomic E-state index is -0.471. The summed E-state index contributed by atoms with van der Waals surface area (Å²) in [4.78, 5) is 0. The first-order chi connectivity index (χ1) is 8.61. The molecule has 1 atom stereocenters. The Morgan fingerprint density at radius 1 is 1.39 bits per heavy atom. The summed E-state index contributed by atoms with van der Waals surface area (Å²) in [6, 6.07) is 6.10.